The molecule has 16 heavy (non-hydrogen) atoms. The topological polar surface area (TPSA) is 55.1 Å². The monoisotopic (exact) mass is 224 g/mol. The van der Waals surface area contributed by atoms with E-state index in [0.717, 1.165) is 24.4 Å². The van der Waals surface area contributed by atoms with Crippen LogP contribution in [0.4, 0.5) is 0 Å². The second-order valence-corrected chi connectivity index (χ2v) is 3.86. The van der Waals surface area contributed by atoms with Crippen LogP contribution >= 0.6 is 0 Å². The maximum atomic E-state index is 11.6. The van der Waals surface area contributed by atoms with Crippen LogP contribution in [0.25, 0.3) is 0 Å². The number of Topliss-reactive ketones (excluding diaryl/α,β-unsaturated/α-hetero) is 1. The summed E-state index contributed by atoms with van der Waals surface area (Å²) < 4.78 is 1.83. The van der Waals surface area contributed by atoms with Crippen LogP contribution in [0.15, 0.2) is 6.07 Å². The van der Waals surface area contributed by atoms with Crippen LogP contribution in [0.3, 0.4) is 0 Å². The molecule has 0 fully saturated rings. The summed E-state index contributed by atoms with van der Waals surface area (Å²) in [5.41, 5.74) is 1.90. The number of carbonyl (C=O) groups is 1. The Balaban J connectivity index is 2.79. The third-order valence-electron chi connectivity index (χ3n) is 2.69. The first kappa shape index (κ1) is 12.9. The molecular weight excluding hydrogens is 204 g/mol. The van der Waals surface area contributed by atoms with E-state index in [1.54, 1.807) is 6.92 Å². The van der Waals surface area contributed by atoms with Gasteiger partial charge in [0.15, 0.2) is 5.78 Å². The van der Waals surface area contributed by atoms with Gasteiger partial charge in [-0.1, -0.05) is 13.8 Å². The fourth-order valence-electron chi connectivity index (χ4n) is 1.63. The van der Waals surface area contributed by atoms with Gasteiger partial charge in [-0.05, 0) is 25.8 Å². The minimum Gasteiger partial charge on any atom is -0.385 e. The first-order valence-electron chi connectivity index (χ1n) is 5.88. The minimum atomic E-state index is -0.842. The SMILES string of the molecule is CCc1cc(CC(=O)C(O)CC)n(CC)n1. The molecule has 1 heterocycles. The molecule has 0 aliphatic heterocycles. The predicted molar refractivity (Wildman–Crippen MR) is 62.3 cm³/mol. The van der Waals surface area contributed by atoms with Gasteiger partial charge in [0.2, 0.25) is 0 Å². The molecule has 4 nitrogen and oxygen atoms in total. The number of aliphatic hydroxyl groups excluding tert-OH is 1. The van der Waals surface area contributed by atoms with Gasteiger partial charge in [0.25, 0.3) is 0 Å². The molecule has 0 aliphatic carbocycles. The summed E-state index contributed by atoms with van der Waals surface area (Å²) in [4.78, 5) is 11.6. The number of hydrogen-bond acceptors (Lipinski definition) is 3. The number of nitrogens with zero attached hydrogens (tertiary/aromatic N) is 2. The van der Waals surface area contributed by atoms with Crippen LogP contribution in [0.1, 0.15) is 38.6 Å². The average Bonchev–Trinajstić information content (AvgIpc) is 2.70. The van der Waals surface area contributed by atoms with Crippen LogP contribution in [0.2, 0.25) is 0 Å². The maximum Gasteiger partial charge on any atom is 0.167 e. The zero-order valence-corrected chi connectivity index (χ0v) is 10.2. The highest BCUT2D eigenvalue weighted by molar-refractivity contribution is 5.84. The second-order valence-electron chi connectivity index (χ2n) is 3.86. The molecule has 1 rings (SSSR count). The summed E-state index contributed by atoms with van der Waals surface area (Å²) in [7, 11) is 0. The van der Waals surface area contributed by atoms with Gasteiger partial charge in [0, 0.05) is 12.2 Å². The highest BCUT2D eigenvalue weighted by Gasteiger charge is 2.16. The van der Waals surface area contributed by atoms with E-state index in [1.807, 2.05) is 24.6 Å². The van der Waals surface area contributed by atoms with Gasteiger partial charge in [-0.15, -0.1) is 0 Å². The van der Waals surface area contributed by atoms with E-state index in [-0.39, 0.29) is 12.2 Å². The highest BCUT2D eigenvalue weighted by Crippen LogP contribution is 2.08. The Morgan fingerprint density at radius 1 is 1.50 bits per heavy atom. The van der Waals surface area contributed by atoms with Crippen molar-refractivity contribution < 1.29 is 9.90 Å². The molecule has 1 N–H and O–H groups in total. The standard InChI is InChI=1S/C12H20N2O2/c1-4-9-7-10(14(6-3)13-9)8-12(16)11(15)5-2/h7,11,15H,4-6,8H2,1-3H3. The van der Waals surface area contributed by atoms with Crippen molar-refractivity contribution in [2.45, 2.75) is 52.7 Å². The Hall–Kier alpha value is -1.16. The Labute approximate surface area is 96.3 Å². The highest BCUT2D eigenvalue weighted by atomic mass is 16.3. The summed E-state index contributed by atoms with van der Waals surface area (Å²) in [6, 6.07) is 1.95. The van der Waals surface area contributed by atoms with Gasteiger partial charge in [-0.3, -0.25) is 9.48 Å². The molecule has 0 saturated heterocycles. The Morgan fingerprint density at radius 2 is 2.19 bits per heavy atom. The zero-order chi connectivity index (χ0) is 12.1. The Morgan fingerprint density at radius 3 is 2.69 bits per heavy atom. The second kappa shape index (κ2) is 5.80. The van der Waals surface area contributed by atoms with Crippen LogP contribution in [-0.4, -0.2) is 26.8 Å². The van der Waals surface area contributed by atoms with E-state index in [4.69, 9.17) is 0 Å². The van der Waals surface area contributed by atoms with E-state index < -0.39 is 6.10 Å². The molecule has 1 atom stereocenters. The number of ketones is 1. The fraction of sp³-hybridized carbons (Fsp3) is 0.667. The number of aliphatic hydroxyl groups is 1. The first-order chi connectivity index (χ1) is 7.62. The molecule has 0 radical (unpaired) electrons. The summed E-state index contributed by atoms with van der Waals surface area (Å²) in [6.07, 6.45) is 0.769. The molecule has 1 aromatic rings. The van der Waals surface area contributed by atoms with Crippen LogP contribution in [-0.2, 0) is 24.2 Å². The number of aryl methyl sites for hydroxylation is 2. The lowest BCUT2D eigenvalue weighted by molar-refractivity contribution is -0.126. The largest absolute Gasteiger partial charge is 0.385 e. The first-order valence-corrected chi connectivity index (χ1v) is 5.88. The quantitative estimate of drug-likeness (QED) is 0.793. The fourth-order valence-corrected chi connectivity index (χ4v) is 1.63. The van der Waals surface area contributed by atoms with Crippen molar-refractivity contribution in [2.75, 3.05) is 0 Å². The minimum absolute atomic E-state index is 0.125. The molecule has 0 aromatic carbocycles. The molecule has 1 aromatic heterocycles. The molecule has 4 heteroatoms. The van der Waals surface area contributed by atoms with Gasteiger partial charge < -0.3 is 5.11 Å². The molecule has 0 saturated carbocycles. The predicted octanol–water partition coefficient (Wildman–Crippen LogP) is 1.35. The van der Waals surface area contributed by atoms with E-state index in [1.165, 1.54) is 0 Å². The zero-order valence-electron chi connectivity index (χ0n) is 10.2. The normalized spacial score (nSPS) is 12.8. The number of carbonyl (C=O) groups excluding carboxylic acids is 1. The lowest BCUT2D eigenvalue weighted by atomic mass is 10.1. The lowest BCUT2D eigenvalue weighted by Crippen LogP contribution is -2.22. The summed E-state index contributed by atoms with van der Waals surface area (Å²) in [5.74, 6) is -0.125. The van der Waals surface area contributed by atoms with Crippen LogP contribution < -0.4 is 0 Å². The van der Waals surface area contributed by atoms with Gasteiger partial charge in [-0.2, -0.15) is 5.10 Å². The third-order valence-corrected chi connectivity index (χ3v) is 2.69. The number of aromatic nitrogens is 2. The molecular formula is C12H20N2O2. The molecule has 1 unspecified atom stereocenters. The summed E-state index contributed by atoms with van der Waals surface area (Å²) in [6.45, 7) is 6.59. The van der Waals surface area contributed by atoms with Crippen molar-refractivity contribution in [3.8, 4) is 0 Å². The Kier molecular flexibility index (Phi) is 4.68. The van der Waals surface area contributed by atoms with E-state index in [0.29, 0.717) is 6.42 Å². The molecule has 0 bridgehead atoms. The lowest BCUT2D eigenvalue weighted by Gasteiger charge is -2.07. The van der Waals surface area contributed by atoms with Crippen molar-refractivity contribution >= 4 is 5.78 Å². The third kappa shape index (κ3) is 2.92. The van der Waals surface area contributed by atoms with Crippen molar-refractivity contribution in [3.05, 3.63) is 17.5 Å². The summed E-state index contributed by atoms with van der Waals surface area (Å²) >= 11 is 0. The average molecular weight is 224 g/mol. The smallest absolute Gasteiger partial charge is 0.167 e. The number of hydrogen-bond donors (Lipinski definition) is 1. The van der Waals surface area contributed by atoms with Gasteiger partial charge in [0.05, 0.1) is 12.1 Å². The maximum absolute atomic E-state index is 11.6. The van der Waals surface area contributed by atoms with Gasteiger partial charge in [0.1, 0.15) is 6.10 Å². The van der Waals surface area contributed by atoms with Crippen LogP contribution in [0.5, 0.6) is 0 Å². The molecule has 0 aliphatic rings. The molecule has 0 amide bonds. The molecule has 0 spiro atoms. The molecule has 90 valence electrons. The van der Waals surface area contributed by atoms with Crippen molar-refractivity contribution in [3.63, 3.8) is 0 Å². The van der Waals surface area contributed by atoms with Gasteiger partial charge >= 0.3 is 0 Å². The van der Waals surface area contributed by atoms with Crippen LogP contribution in [0, 0.1) is 0 Å². The van der Waals surface area contributed by atoms with Crippen molar-refractivity contribution in [2.24, 2.45) is 0 Å². The van der Waals surface area contributed by atoms with Crippen molar-refractivity contribution in [1.82, 2.24) is 9.78 Å². The van der Waals surface area contributed by atoms with Crippen molar-refractivity contribution in [1.29, 1.82) is 0 Å². The van der Waals surface area contributed by atoms with E-state index in [2.05, 4.69) is 5.10 Å². The van der Waals surface area contributed by atoms with E-state index >= 15 is 0 Å². The summed E-state index contributed by atoms with van der Waals surface area (Å²) in [5, 5.41) is 13.8. The number of rotatable bonds is 6. The Bertz CT molecular complexity index is 358. The van der Waals surface area contributed by atoms with Gasteiger partial charge in [-0.25, -0.2) is 0 Å². The van der Waals surface area contributed by atoms with E-state index in [9.17, 15) is 9.90 Å².